The molecule has 3 rings (SSSR count). The summed E-state index contributed by atoms with van der Waals surface area (Å²) in [5, 5.41) is 2.94. The molecule has 1 aromatic heterocycles. The minimum absolute atomic E-state index is 0.00993. The van der Waals surface area contributed by atoms with E-state index in [-0.39, 0.29) is 24.9 Å². The van der Waals surface area contributed by atoms with Gasteiger partial charge >= 0.3 is 11.4 Å². The van der Waals surface area contributed by atoms with Crippen LogP contribution in [0.2, 0.25) is 0 Å². The fourth-order valence-corrected chi connectivity index (χ4v) is 2.77. The first kappa shape index (κ1) is 19.5. The van der Waals surface area contributed by atoms with E-state index < -0.39 is 11.4 Å². The maximum Gasteiger partial charge on any atom is 0.355 e. The van der Waals surface area contributed by atoms with Crippen LogP contribution in [-0.2, 0) is 13.1 Å². The topological polar surface area (TPSA) is 94.9 Å². The minimum Gasteiger partial charge on any atom is -0.354 e. The molecule has 7 nitrogen and oxygen atoms in total. The van der Waals surface area contributed by atoms with Gasteiger partial charge in [-0.1, -0.05) is 42.0 Å². The van der Waals surface area contributed by atoms with Gasteiger partial charge in [0.25, 0.3) is 0 Å². The maximum atomic E-state index is 13.1. The number of anilines is 1. The Bertz CT molecular complexity index is 1060. The monoisotopic (exact) mass is 383 g/mol. The van der Waals surface area contributed by atoms with Gasteiger partial charge in [-0.05, 0) is 30.2 Å². The predicted molar refractivity (Wildman–Crippen MR) is 106 cm³/mol. The molecule has 0 aliphatic rings. The number of hydrogen-bond acceptors (Lipinski definition) is 5. The zero-order valence-electron chi connectivity index (χ0n) is 15.6. The van der Waals surface area contributed by atoms with Crippen LogP contribution >= 0.6 is 0 Å². The Morgan fingerprint density at radius 3 is 2.14 bits per heavy atom. The van der Waals surface area contributed by atoms with Gasteiger partial charge in [-0.3, -0.25) is 4.57 Å². The van der Waals surface area contributed by atoms with E-state index in [0.717, 1.165) is 15.7 Å². The molecular formula is C20H22FN5O2. The highest BCUT2D eigenvalue weighted by Gasteiger charge is 2.14. The summed E-state index contributed by atoms with van der Waals surface area (Å²) < 4.78 is 15.6. The molecule has 3 aromatic rings. The van der Waals surface area contributed by atoms with Crippen molar-refractivity contribution in [3.63, 3.8) is 0 Å². The van der Waals surface area contributed by atoms with Crippen molar-refractivity contribution in [2.24, 2.45) is 5.73 Å². The van der Waals surface area contributed by atoms with Crippen LogP contribution in [0.1, 0.15) is 16.7 Å². The van der Waals surface area contributed by atoms with E-state index in [1.54, 1.807) is 0 Å². The maximum absolute atomic E-state index is 13.1. The lowest BCUT2D eigenvalue weighted by Gasteiger charge is -2.15. The molecule has 0 atom stereocenters. The van der Waals surface area contributed by atoms with E-state index in [9.17, 15) is 14.0 Å². The molecule has 8 heteroatoms. The van der Waals surface area contributed by atoms with E-state index in [2.05, 4.69) is 10.3 Å². The molecule has 0 radical (unpaired) electrons. The first-order valence-corrected chi connectivity index (χ1v) is 8.93. The Labute approximate surface area is 161 Å². The molecule has 0 aliphatic heterocycles. The third kappa shape index (κ3) is 4.52. The van der Waals surface area contributed by atoms with Crippen LogP contribution in [0.4, 0.5) is 10.3 Å². The van der Waals surface area contributed by atoms with Crippen LogP contribution in [0.25, 0.3) is 0 Å². The highest BCUT2D eigenvalue weighted by molar-refractivity contribution is 5.28. The van der Waals surface area contributed by atoms with Gasteiger partial charge in [0.05, 0.1) is 13.1 Å². The van der Waals surface area contributed by atoms with Gasteiger partial charge in [-0.15, -0.1) is 0 Å². The van der Waals surface area contributed by atoms with Crippen molar-refractivity contribution in [1.29, 1.82) is 0 Å². The van der Waals surface area contributed by atoms with E-state index in [1.165, 1.54) is 28.8 Å². The van der Waals surface area contributed by atoms with Crippen LogP contribution in [0, 0.1) is 12.7 Å². The van der Waals surface area contributed by atoms with Crippen molar-refractivity contribution in [3.05, 3.63) is 92.0 Å². The average molecular weight is 383 g/mol. The Morgan fingerprint density at radius 2 is 1.54 bits per heavy atom. The number of aryl methyl sites for hydroxylation is 1. The van der Waals surface area contributed by atoms with Gasteiger partial charge < -0.3 is 11.1 Å². The van der Waals surface area contributed by atoms with Gasteiger partial charge in [0.2, 0.25) is 5.95 Å². The molecule has 3 N–H and O–H groups in total. The minimum atomic E-state index is -0.672. The van der Waals surface area contributed by atoms with Crippen LogP contribution < -0.4 is 22.4 Å². The molecule has 0 unspecified atom stereocenters. The first-order valence-electron chi connectivity index (χ1n) is 8.93. The van der Waals surface area contributed by atoms with Crippen LogP contribution in [0.15, 0.2) is 58.1 Å². The summed E-state index contributed by atoms with van der Waals surface area (Å²) in [4.78, 5) is 29.5. The highest BCUT2D eigenvalue weighted by atomic mass is 19.1. The molecule has 0 amide bonds. The van der Waals surface area contributed by atoms with Crippen LogP contribution in [0.3, 0.4) is 0 Å². The second-order valence-corrected chi connectivity index (χ2v) is 6.50. The number of nitrogens with two attached hydrogens (primary N) is 1. The second-order valence-electron chi connectivity index (χ2n) is 6.50. The number of halogens is 1. The largest absolute Gasteiger partial charge is 0.355 e. The Morgan fingerprint density at radius 1 is 0.964 bits per heavy atom. The van der Waals surface area contributed by atoms with E-state index in [1.807, 2.05) is 31.2 Å². The third-order valence-electron chi connectivity index (χ3n) is 4.29. The summed E-state index contributed by atoms with van der Waals surface area (Å²) in [7, 11) is 0. The van der Waals surface area contributed by atoms with Gasteiger partial charge in [-0.25, -0.2) is 18.5 Å². The molecule has 0 spiro atoms. The van der Waals surface area contributed by atoms with Crippen LogP contribution in [0.5, 0.6) is 0 Å². The van der Waals surface area contributed by atoms with Gasteiger partial charge in [0.1, 0.15) is 5.82 Å². The number of hydrogen-bond donors (Lipinski definition) is 2. The zero-order chi connectivity index (χ0) is 20.1. The molecule has 0 saturated heterocycles. The summed E-state index contributed by atoms with van der Waals surface area (Å²) in [5.74, 6) is -0.205. The van der Waals surface area contributed by atoms with E-state index in [0.29, 0.717) is 18.7 Å². The molecule has 28 heavy (non-hydrogen) atoms. The van der Waals surface area contributed by atoms with E-state index in [4.69, 9.17) is 5.73 Å². The quantitative estimate of drug-likeness (QED) is 0.642. The summed E-state index contributed by atoms with van der Waals surface area (Å²) >= 11 is 0. The fourth-order valence-electron chi connectivity index (χ4n) is 2.77. The highest BCUT2D eigenvalue weighted by Crippen LogP contribution is 2.08. The number of rotatable bonds is 7. The molecule has 0 aliphatic carbocycles. The molecule has 146 valence electrons. The van der Waals surface area contributed by atoms with Crippen molar-refractivity contribution < 1.29 is 4.39 Å². The molecule has 0 saturated carbocycles. The summed E-state index contributed by atoms with van der Waals surface area (Å²) in [5.41, 5.74) is 7.00. The van der Waals surface area contributed by atoms with Crippen molar-refractivity contribution in [1.82, 2.24) is 14.1 Å². The number of benzene rings is 2. The fraction of sp³-hybridized carbons (Fsp3) is 0.250. The molecular weight excluding hydrogens is 361 g/mol. The van der Waals surface area contributed by atoms with Crippen molar-refractivity contribution in [3.8, 4) is 0 Å². The van der Waals surface area contributed by atoms with Gasteiger partial charge in [0.15, 0.2) is 0 Å². The second kappa shape index (κ2) is 8.62. The number of nitrogens with zero attached hydrogens (tertiary/aromatic N) is 3. The molecule has 2 aromatic carbocycles. The molecule has 0 bridgehead atoms. The lowest BCUT2D eigenvalue weighted by atomic mass is 10.1. The average Bonchev–Trinajstić information content (AvgIpc) is 2.69. The third-order valence-corrected chi connectivity index (χ3v) is 4.29. The summed E-state index contributed by atoms with van der Waals surface area (Å²) in [6.07, 6.45) is 0. The predicted octanol–water partition coefficient (Wildman–Crippen LogP) is 1.32. The Kier molecular flexibility index (Phi) is 6.00. The van der Waals surface area contributed by atoms with Gasteiger partial charge in [-0.2, -0.15) is 4.98 Å². The summed E-state index contributed by atoms with van der Waals surface area (Å²) in [6.45, 7) is 2.95. The van der Waals surface area contributed by atoms with E-state index >= 15 is 0 Å². The lowest BCUT2D eigenvalue weighted by molar-refractivity contribution is 0.584. The standard InChI is InChI=1S/C20H22FN5O2/c1-14-2-4-15(5-3-14)12-25-18(23-11-10-22)24-19(27)26(20(25)28)13-16-6-8-17(21)9-7-16/h2-9H,10-13,22H2,1H3,(H,23,24,27). The first-order chi connectivity index (χ1) is 13.5. The Balaban J connectivity index is 2.03. The zero-order valence-corrected chi connectivity index (χ0v) is 15.6. The lowest BCUT2D eigenvalue weighted by Crippen LogP contribution is -2.43. The smallest absolute Gasteiger partial charge is 0.354 e. The van der Waals surface area contributed by atoms with Crippen molar-refractivity contribution >= 4 is 5.95 Å². The summed E-state index contributed by atoms with van der Waals surface area (Å²) in [6, 6.07) is 13.4. The number of nitrogens with one attached hydrogen (secondary N) is 1. The SMILES string of the molecule is Cc1ccc(Cn2c(NCCN)nc(=O)n(Cc3ccc(F)cc3)c2=O)cc1. The Hall–Kier alpha value is -3.26. The molecule has 0 fully saturated rings. The van der Waals surface area contributed by atoms with Gasteiger partial charge in [0, 0.05) is 13.1 Å². The van der Waals surface area contributed by atoms with Crippen LogP contribution in [-0.4, -0.2) is 27.2 Å². The number of aromatic nitrogens is 3. The van der Waals surface area contributed by atoms with Crippen molar-refractivity contribution in [2.45, 2.75) is 20.0 Å². The van der Waals surface area contributed by atoms with Crippen molar-refractivity contribution in [2.75, 3.05) is 18.4 Å². The normalized spacial score (nSPS) is 10.8. The molecule has 1 heterocycles.